The van der Waals surface area contributed by atoms with Gasteiger partial charge in [0, 0.05) is 36.8 Å². The van der Waals surface area contributed by atoms with E-state index in [9.17, 15) is 4.79 Å². The zero-order valence-corrected chi connectivity index (χ0v) is 14.8. The Morgan fingerprint density at radius 2 is 2.16 bits per heavy atom. The lowest BCUT2D eigenvalue weighted by Crippen LogP contribution is -2.25. The number of carbonyl (C=O) groups is 1. The predicted octanol–water partition coefficient (Wildman–Crippen LogP) is 2.93. The monoisotopic (exact) mass is 358 g/mol. The van der Waals surface area contributed by atoms with Crippen LogP contribution in [0.1, 0.15) is 22.1 Å². The van der Waals surface area contributed by atoms with Gasteiger partial charge in [-0.05, 0) is 19.4 Å². The van der Waals surface area contributed by atoms with E-state index < -0.39 is 0 Å². The topological polar surface area (TPSA) is 90.1 Å². The molecular weight excluding hydrogens is 340 g/mol. The summed E-state index contributed by atoms with van der Waals surface area (Å²) in [7, 11) is 1.62. The number of aryl methyl sites for hydroxylation is 1. The second kappa shape index (κ2) is 8.00. The van der Waals surface area contributed by atoms with Gasteiger partial charge in [-0.25, -0.2) is 4.98 Å². The number of aromatic nitrogens is 3. The Bertz CT molecular complexity index is 859. The van der Waals surface area contributed by atoms with Gasteiger partial charge in [0.2, 0.25) is 5.82 Å². The summed E-state index contributed by atoms with van der Waals surface area (Å²) in [6.45, 7) is 3.04. The normalized spacial score (nSPS) is 10.8. The molecule has 0 unspecified atom stereocenters. The molecule has 0 saturated carbocycles. The standard InChI is InChI=1S/C17H18N4O3S/c1-11-19-14(10-25-11)12-5-3-6-13(9-12)15-20-17(24-21-15)16(22)18-7-4-8-23-2/h3,5-6,9-10H,4,7-8H2,1-2H3,(H,18,22). The summed E-state index contributed by atoms with van der Waals surface area (Å²) < 4.78 is 10.0. The molecular formula is C17H18N4O3S. The zero-order chi connectivity index (χ0) is 17.6. The molecule has 2 heterocycles. The molecule has 0 aliphatic carbocycles. The van der Waals surface area contributed by atoms with Gasteiger partial charge in [-0.3, -0.25) is 4.79 Å². The van der Waals surface area contributed by atoms with Crippen molar-refractivity contribution in [3.63, 3.8) is 0 Å². The van der Waals surface area contributed by atoms with Crippen LogP contribution in [-0.4, -0.2) is 41.3 Å². The van der Waals surface area contributed by atoms with Crippen LogP contribution in [-0.2, 0) is 4.74 Å². The van der Waals surface area contributed by atoms with Crippen LogP contribution in [0.3, 0.4) is 0 Å². The summed E-state index contributed by atoms with van der Waals surface area (Å²) in [6.07, 6.45) is 0.721. The van der Waals surface area contributed by atoms with Crippen molar-refractivity contribution in [3.05, 3.63) is 40.5 Å². The molecule has 0 radical (unpaired) electrons. The zero-order valence-electron chi connectivity index (χ0n) is 14.0. The first-order chi connectivity index (χ1) is 12.2. The molecule has 0 bridgehead atoms. The van der Waals surface area contributed by atoms with Crippen LogP contribution in [0.25, 0.3) is 22.6 Å². The number of thiazole rings is 1. The maximum atomic E-state index is 12.0. The quantitative estimate of drug-likeness (QED) is 0.653. The fourth-order valence-corrected chi connectivity index (χ4v) is 2.86. The van der Waals surface area contributed by atoms with Gasteiger partial charge in [-0.1, -0.05) is 23.4 Å². The van der Waals surface area contributed by atoms with E-state index in [0.717, 1.165) is 28.2 Å². The minimum atomic E-state index is -0.388. The molecule has 0 aliphatic heterocycles. The van der Waals surface area contributed by atoms with Crippen molar-refractivity contribution in [1.82, 2.24) is 20.4 Å². The molecule has 1 aromatic carbocycles. The number of nitrogens with one attached hydrogen (secondary N) is 1. The van der Waals surface area contributed by atoms with Gasteiger partial charge in [0.05, 0.1) is 10.7 Å². The number of nitrogens with zero attached hydrogens (tertiary/aromatic N) is 3. The molecule has 0 spiro atoms. The smallest absolute Gasteiger partial charge is 0.316 e. The van der Waals surface area contributed by atoms with Gasteiger partial charge in [0.1, 0.15) is 0 Å². The molecule has 3 aromatic rings. The fraction of sp³-hybridized carbons (Fsp3) is 0.294. The maximum Gasteiger partial charge on any atom is 0.316 e. The largest absolute Gasteiger partial charge is 0.385 e. The highest BCUT2D eigenvalue weighted by Gasteiger charge is 2.16. The molecule has 1 N–H and O–H groups in total. The van der Waals surface area contributed by atoms with Crippen molar-refractivity contribution in [2.45, 2.75) is 13.3 Å². The van der Waals surface area contributed by atoms with Gasteiger partial charge in [-0.2, -0.15) is 4.98 Å². The Balaban J connectivity index is 1.73. The summed E-state index contributed by atoms with van der Waals surface area (Å²) in [6, 6.07) is 7.68. The number of hydrogen-bond acceptors (Lipinski definition) is 7. The summed E-state index contributed by atoms with van der Waals surface area (Å²) >= 11 is 1.60. The average Bonchev–Trinajstić information content (AvgIpc) is 3.28. The molecule has 1 amide bonds. The summed E-state index contributed by atoms with van der Waals surface area (Å²) in [5.41, 5.74) is 2.64. The summed E-state index contributed by atoms with van der Waals surface area (Å²) in [4.78, 5) is 20.6. The third-order valence-corrected chi connectivity index (χ3v) is 4.24. The van der Waals surface area contributed by atoms with Crippen LogP contribution in [0.5, 0.6) is 0 Å². The first-order valence-electron chi connectivity index (χ1n) is 7.81. The van der Waals surface area contributed by atoms with Crippen LogP contribution in [0.15, 0.2) is 34.2 Å². The van der Waals surface area contributed by atoms with Crippen molar-refractivity contribution in [3.8, 4) is 22.6 Å². The molecule has 3 rings (SSSR count). The molecule has 25 heavy (non-hydrogen) atoms. The van der Waals surface area contributed by atoms with E-state index in [1.165, 1.54) is 0 Å². The van der Waals surface area contributed by atoms with Gasteiger partial charge in [0.15, 0.2) is 0 Å². The number of amides is 1. The Kier molecular flexibility index (Phi) is 5.52. The van der Waals surface area contributed by atoms with Crippen LogP contribution < -0.4 is 5.32 Å². The highest BCUT2D eigenvalue weighted by atomic mass is 32.1. The van der Waals surface area contributed by atoms with E-state index in [1.807, 2.05) is 36.6 Å². The van der Waals surface area contributed by atoms with E-state index in [-0.39, 0.29) is 11.8 Å². The van der Waals surface area contributed by atoms with Gasteiger partial charge in [0.25, 0.3) is 0 Å². The second-order valence-corrected chi connectivity index (χ2v) is 6.42. The van der Waals surface area contributed by atoms with Crippen molar-refractivity contribution >= 4 is 17.2 Å². The lowest BCUT2D eigenvalue weighted by Gasteiger charge is -2.00. The lowest BCUT2D eigenvalue weighted by molar-refractivity contribution is 0.0905. The van der Waals surface area contributed by atoms with Crippen molar-refractivity contribution in [1.29, 1.82) is 0 Å². The third kappa shape index (κ3) is 4.28. The molecule has 0 fully saturated rings. The summed E-state index contributed by atoms with van der Waals surface area (Å²) in [5, 5.41) is 9.63. The Hall–Kier alpha value is -2.58. The molecule has 8 heteroatoms. The van der Waals surface area contributed by atoms with E-state index >= 15 is 0 Å². The average molecular weight is 358 g/mol. The van der Waals surface area contributed by atoms with Crippen LogP contribution in [0.2, 0.25) is 0 Å². The number of benzene rings is 1. The predicted molar refractivity (Wildman–Crippen MR) is 94.4 cm³/mol. The highest BCUT2D eigenvalue weighted by molar-refractivity contribution is 7.09. The second-order valence-electron chi connectivity index (χ2n) is 5.36. The van der Waals surface area contributed by atoms with Gasteiger partial charge < -0.3 is 14.6 Å². The number of carbonyl (C=O) groups excluding carboxylic acids is 1. The number of methoxy groups -OCH3 is 1. The third-order valence-electron chi connectivity index (χ3n) is 3.47. The molecule has 130 valence electrons. The number of hydrogen-bond donors (Lipinski definition) is 1. The Morgan fingerprint density at radius 1 is 1.32 bits per heavy atom. The Labute approximate surface area is 149 Å². The fourth-order valence-electron chi connectivity index (χ4n) is 2.24. The molecule has 2 aromatic heterocycles. The minimum absolute atomic E-state index is 0.0534. The summed E-state index contributed by atoms with van der Waals surface area (Å²) in [5.74, 6) is -0.0701. The van der Waals surface area contributed by atoms with Crippen LogP contribution in [0, 0.1) is 6.92 Å². The number of ether oxygens (including phenoxy) is 1. The van der Waals surface area contributed by atoms with Gasteiger partial charge in [-0.15, -0.1) is 11.3 Å². The van der Waals surface area contributed by atoms with E-state index in [1.54, 1.807) is 18.4 Å². The molecule has 0 aliphatic rings. The lowest BCUT2D eigenvalue weighted by atomic mass is 10.1. The minimum Gasteiger partial charge on any atom is -0.385 e. The SMILES string of the molecule is COCCCNC(=O)c1nc(-c2cccc(-c3csc(C)n3)c2)no1. The van der Waals surface area contributed by atoms with Crippen molar-refractivity contribution in [2.75, 3.05) is 20.3 Å². The first kappa shape index (κ1) is 17.2. The van der Waals surface area contributed by atoms with E-state index in [0.29, 0.717) is 19.0 Å². The van der Waals surface area contributed by atoms with E-state index in [2.05, 4.69) is 20.4 Å². The molecule has 7 nitrogen and oxygen atoms in total. The van der Waals surface area contributed by atoms with Crippen LogP contribution >= 0.6 is 11.3 Å². The van der Waals surface area contributed by atoms with Crippen molar-refractivity contribution < 1.29 is 14.1 Å². The highest BCUT2D eigenvalue weighted by Crippen LogP contribution is 2.25. The van der Waals surface area contributed by atoms with E-state index in [4.69, 9.17) is 9.26 Å². The first-order valence-corrected chi connectivity index (χ1v) is 8.69. The van der Waals surface area contributed by atoms with Crippen LogP contribution in [0.4, 0.5) is 0 Å². The number of rotatable bonds is 7. The molecule has 0 saturated heterocycles. The molecule has 0 atom stereocenters. The van der Waals surface area contributed by atoms with Crippen molar-refractivity contribution in [2.24, 2.45) is 0 Å². The Morgan fingerprint density at radius 3 is 2.92 bits per heavy atom. The maximum absolute atomic E-state index is 12.0. The van der Waals surface area contributed by atoms with Gasteiger partial charge >= 0.3 is 11.8 Å².